The fourth-order valence-corrected chi connectivity index (χ4v) is 1.61. The molecule has 1 atom stereocenters. The Morgan fingerprint density at radius 3 is 2.50 bits per heavy atom. The van der Waals surface area contributed by atoms with Crippen molar-refractivity contribution in [1.82, 2.24) is 5.32 Å². The van der Waals surface area contributed by atoms with Crippen LogP contribution in [0.15, 0.2) is 24.3 Å². The second kappa shape index (κ2) is 7.75. The van der Waals surface area contributed by atoms with Crippen LogP contribution in [0.2, 0.25) is 0 Å². The van der Waals surface area contributed by atoms with Gasteiger partial charge in [-0.25, -0.2) is 4.79 Å². The largest absolute Gasteiger partial charge is 0.412 e. The number of carbonyl (C=O) groups excluding carboxylic acids is 1. The third-order valence-corrected chi connectivity index (χ3v) is 3.07. The molecule has 0 bridgehead atoms. The SMILES string of the molecule is CCCCNC(=O)Oc1ccc(C(C)CC)cc1. The number of benzene rings is 1. The fourth-order valence-electron chi connectivity index (χ4n) is 1.61. The molecule has 0 aromatic heterocycles. The molecule has 0 aliphatic heterocycles. The van der Waals surface area contributed by atoms with E-state index < -0.39 is 0 Å². The zero-order valence-corrected chi connectivity index (χ0v) is 11.5. The third kappa shape index (κ3) is 4.78. The molecule has 3 heteroatoms. The first-order chi connectivity index (χ1) is 8.67. The van der Waals surface area contributed by atoms with Gasteiger partial charge in [-0.3, -0.25) is 0 Å². The Morgan fingerprint density at radius 2 is 1.94 bits per heavy atom. The summed E-state index contributed by atoms with van der Waals surface area (Å²) < 4.78 is 5.18. The van der Waals surface area contributed by atoms with Crippen molar-refractivity contribution in [3.63, 3.8) is 0 Å². The van der Waals surface area contributed by atoms with Gasteiger partial charge in [0.15, 0.2) is 0 Å². The molecule has 18 heavy (non-hydrogen) atoms. The summed E-state index contributed by atoms with van der Waals surface area (Å²) in [6.45, 7) is 7.10. The van der Waals surface area contributed by atoms with Crippen molar-refractivity contribution in [3.8, 4) is 5.75 Å². The molecule has 0 heterocycles. The highest BCUT2D eigenvalue weighted by atomic mass is 16.5. The van der Waals surface area contributed by atoms with Crippen LogP contribution in [0.5, 0.6) is 5.75 Å². The summed E-state index contributed by atoms with van der Waals surface area (Å²) in [6, 6.07) is 7.73. The summed E-state index contributed by atoms with van der Waals surface area (Å²) in [5.74, 6) is 1.13. The van der Waals surface area contributed by atoms with Crippen LogP contribution in [0.1, 0.15) is 51.5 Å². The lowest BCUT2D eigenvalue weighted by Crippen LogP contribution is -2.27. The molecule has 0 aliphatic carbocycles. The lowest BCUT2D eigenvalue weighted by molar-refractivity contribution is 0.200. The Balaban J connectivity index is 2.45. The molecule has 0 spiro atoms. The minimum absolute atomic E-state index is 0.375. The molecule has 100 valence electrons. The van der Waals surface area contributed by atoms with Gasteiger partial charge in [-0.05, 0) is 36.5 Å². The van der Waals surface area contributed by atoms with Crippen molar-refractivity contribution in [3.05, 3.63) is 29.8 Å². The fraction of sp³-hybridized carbons (Fsp3) is 0.533. The van der Waals surface area contributed by atoms with Crippen LogP contribution >= 0.6 is 0 Å². The Bertz CT molecular complexity index is 359. The number of carbonyl (C=O) groups is 1. The van der Waals surface area contributed by atoms with E-state index in [1.807, 2.05) is 24.3 Å². The third-order valence-electron chi connectivity index (χ3n) is 3.07. The molecule has 1 rings (SSSR count). The van der Waals surface area contributed by atoms with Crippen molar-refractivity contribution in [2.75, 3.05) is 6.54 Å². The van der Waals surface area contributed by atoms with E-state index in [1.165, 1.54) is 5.56 Å². The van der Waals surface area contributed by atoms with Gasteiger partial charge in [0, 0.05) is 6.54 Å². The van der Waals surface area contributed by atoms with E-state index in [9.17, 15) is 4.79 Å². The average molecular weight is 249 g/mol. The van der Waals surface area contributed by atoms with Gasteiger partial charge in [0.1, 0.15) is 5.75 Å². The number of ether oxygens (including phenoxy) is 1. The van der Waals surface area contributed by atoms with Crippen LogP contribution in [0, 0.1) is 0 Å². The molecule has 0 fully saturated rings. The standard InChI is InChI=1S/C15H23NO2/c1-4-6-11-16-15(17)18-14-9-7-13(8-10-14)12(3)5-2/h7-10,12H,4-6,11H2,1-3H3,(H,16,17). The van der Waals surface area contributed by atoms with Crippen LogP contribution in [0.25, 0.3) is 0 Å². The summed E-state index contributed by atoms with van der Waals surface area (Å²) >= 11 is 0. The van der Waals surface area contributed by atoms with Gasteiger partial charge in [0.2, 0.25) is 0 Å². The number of unbranched alkanes of at least 4 members (excludes halogenated alkanes) is 1. The molecule has 0 saturated carbocycles. The maximum absolute atomic E-state index is 11.4. The van der Waals surface area contributed by atoms with E-state index in [2.05, 4.69) is 26.1 Å². The average Bonchev–Trinajstić information content (AvgIpc) is 2.39. The smallest absolute Gasteiger partial charge is 0.410 e. The zero-order chi connectivity index (χ0) is 13.4. The van der Waals surface area contributed by atoms with Gasteiger partial charge in [-0.1, -0.05) is 39.3 Å². The van der Waals surface area contributed by atoms with Gasteiger partial charge in [-0.2, -0.15) is 0 Å². The highest BCUT2D eigenvalue weighted by molar-refractivity contribution is 5.70. The van der Waals surface area contributed by atoms with E-state index in [4.69, 9.17) is 4.74 Å². The summed E-state index contributed by atoms with van der Waals surface area (Å²) in [6.07, 6.45) is 2.77. The first-order valence-corrected chi connectivity index (χ1v) is 6.73. The number of hydrogen-bond donors (Lipinski definition) is 1. The monoisotopic (exact) mass is 249 g/mol. The molecular weight excluding hydrogens is 226 g/mol. The highest BCUT2D eigenvalue weighted by Crippen LogP contribution is 2.21. The van der Waals surface area contributed by atoms with E-state index >= 15 is 0 Å². The molecule has 0 saturated heterocycles. The first-order valence-electron chi connectivity index (χ1n) is 6.73. The van der Waals surface area contributed by atoms with Gasteiger partial charge < -0.3 is 10.1 Å². The van der Waals surface area contributed by atoms with Crippen molar-refractivity contribution >= 4 is 6.09 Å². The predicted octanol–water partition coefficient (Wildman–Crippen LogP) is 4.09. The Hall–Kier alpha value is -1.51. The van der Waals surface area contributed by atoms with Crippen molar-refractivity contribution < 1.29 is 9.53 Å². The maximum Gasteiger partial charge on any atom is 0.412 e. The van der Waals surface area contributed by atoms with Gasteiger partial charge >= 0.3 is 6.09 Å². The van der Waals surface area contributed by atoms with E-state index in [-0.39, 0.29) is 6.09 Å². The minimum atomic E-state index is -0.375. The molecule has 1 amide bonds. The normalized spacial score (nSPS) is 11.9. The van der Waals surface area contributed by atoms with Gasteiger partial charge in [0.25, 0.3) is 0 Å². The van der Waals surface area contributed by atoms with E-state index in [0.717, 1.165) is 19.3 Å². The second-order valence-electron chi connectivity index (χ2n) is 4.55. The van der Waals surface area contributed by atoms with Gasteiger partial charge in [-0.15, -0.1) is 0 Å². The van der Waals surface area contributed by atoms with Crippen LogP contribution in [0.4, 0.5) is 4.79 Å². The van der Waals surface area contributed by atoms with Crippen molar-refractivity contribution in [1.29, 1.82) is 0 Å². The Morgan fingerprint density at radius 1 is 1.28 bits per heavy atom. The molecule has 3 nitrogen and oxygen atoms in total. The van der Waals surface area contributed by atoms with Crippen LogP contribution < -0.4 is 10.1 Å². The molecule has 0 aliphatic rings. The number of amides is 1. The molecule has 1 N–H and O–H groups in total. The van der Waals surface area contributed by atoms with Crippen LogP contribution in [-0.4, -0.2) is 12.6 Å². The molecule has 1 aromatic carbocycles. The topological polar surface area (TPSA) is 38.3 Å². The second-order valence-corrected chi connectivity index (χ2v) is 4.55. The Kier molecular flexibility index (Phi) is 6.26. The summed E-state index contributed by atoms with van der Waals surface area (Å²) in [5, 5.41) is 2.72. The summed E-state index contributed by atoms with van der Waals surface area (Å²) in [4.78, 5) is 11.4. The minimum Gasteiger partial charge on any atom is -0.410 e. The maximum atomic E-state index is 11.4. The summed E-state index contributed by atoms with van der Waals surface area (Å²) in [7, 11) is 0. The highest BCUT2D eigenvalue weighted by Gasteiger charge is 2.05. The number of rotatable bonds is 6. The quantitative estimate of drug-likeness (QED) is 0.771. The predicted molar refractivity (Wildman–Crippen MR) is 74.1 cm³/mol. The van der Waals surface area contributed by atoms with Crippen LogP contribution in [-0.2, 0) is 0 Å². The summed E-state index contributed by atoms with van der Waals surface area (Å²) in [5.41, 5.74) is 1.27. The molecule has 1 aromatic rings. The van der Waals surface area contributed by atoms with Gasteiger partial charge in [0.05, 0.1) is 0 Å². The van der Waals surface area contributed by atoms with E-state index in [1.54, 1.807) is 0 Å². The Labute approximate surface area is 110 Å². The van der Waals surface area contributed by atoms with Crippen LogP contribution in [0.3, 0.4) is 0 Å². The van der Waals surface area contributed by atoms with E-state index in [0.29, 0.717) is 18.2 Å². The number of nitrogens with one attached hydrogen (secondary N) is 1. The number of hydrogen-bond acceptors (Lipinski definition) is 2. The molecule has 1 unspecified atom stereocenters. The lowest BCUT2D eigenvalue weighted by atomic mass is 9.99. The molecule has 0 radical (unpaired) electrons. The molecular formula is C15H23NO2. The van der Waals surface area contributed by atoms with Crippen molar-refractivity contribution in [2.45, 2.75) is 46.0 Å². The first kappa shape index (κ1) is 14.6. The lowest BCUT2D eigenvalue weighted by Gasteiger charge is -2.10. The zero-order valence-electron chi connectivity index (χ0n) is 11.5. The van der Waals surface area contributed by atoms with Crippen molar-refractivity contribution in [2.24, 2.45) is 0 Å².